The number of aromatic hydroxyl groups is 1. The lowest BCUT2D eigenvalue weighted by molar-refractivity contribution is -0.145. The largest absolute Gasteiger partial charge is 0.507 e. The molecule has 0 aliphatic carbocycles. The maximum Gasteiger partial charge on any atom is 0.344 e. The van der Waals surface area contributed by atoms with Crippen LogP contribution in [0.2, 0.25) is 0 Å². The van der Waals surface area contributed by atoms with Gasteiger partial charge in [-0.15, -0.1) is 0 Å². The molecule has 150 valence electrons. The van der Waals surface area contributed by atoms with Gasteiger partial charge in [0.15, 0.2) is 12.4 Å². The number of phenolic OH excluding ortho intramolecular Hbond substituents is 1. The van der Waals surface area contributed by atoms with Crippen LogP contribution in [0.15, 0.2) is 36.4 Å². The number of esters is 1. The summed E-state index contributed by atoms with van der Waals surface area (Å²) in [6.07, 6.45) is 1.50. The Labute approximate surface area is 165 Å². The van der Waals surface area contributed by atoms with Crippen molar-refractivity contribution in [2.24, 2.45) is 0 Å². The highest BCUT2D eigenvalue weighted by Gasteiger charge is 2.15. The fourth-order valence-electron chi connectivity index (χ4n) is 2.76. The maximum atomic E-state index is 11.6. The number of hydrogen-bond acceptors (Lipinski definition) is 6. The SMILES string of the molecule is CCCc1c(COc2ccc(OCC(=O)OCC)cc2)ccc(C(C)=O)c1O. The van der Waals surface area contributed by atoms with Crippen molar-refractivity contribution >= 4 is 11.8 Å². The third-order valence-corrected chi connectivity index (χ3v) is 4.14. The summed E-state index contributed by atoms with van der Waals surface area (Å²) in [6.45, 7) is 5.63. The number of carbonyl (C=O) groups is 2. The molecule has 6 heteroatoms. The van der Waals surface area contributed by atoms with Gasteiger partial charge in [-0.2, -0.15) is 0 Å². The maximum absolute atomic E-state index is 11.6. The highest BCUT2D eigenvalue weighted by Crippen LogP contribution is 2.29. The van der Waals surface area contributed by atoms with E-state index in [2.05, 4.69) is 0 Å². The summed E-state index contributed by atoms with van der Waals surface area (Å²) in [4.78, 5) is 23.0. The average Bonchev–Trinajstić information content (AvgIpc) is 2.67. The number of hydrogen-bond donors (Lipinski definition) is 1. The van der Waals surface area contributed by atoms with Crippen LogP contribution in [0.4, 0.5) is 0 Å². The molecule has 2 rings (SSSR count). The molecule has 0 saturated heterocycles. The molecule has 0 amide bonds. The van der Waals surface area contributed by atoms with Crippen molar-refractivity contribution in [3.05, 3.63) is 53.1 Å². The first-order chi connectivity index (χ1) is 13.5. The van der Waals surface area contributed by atoms with Crippen molar-refractivity contribution in [3.8, 4) is 17.2 Å². The van der Waals surface area contributed by atoms with Crippen molar-refractivity contribution in [2.75, 3.05) is 13.2 Å². The number of benzene rings is 2. The molecule has 0 aliphatic rings. The third kappa shape index (κ3) is 5.74. The molecule has 1 N–H and O–H groups in total. The number of ether oxygens (including phenoxy) is 3. The molecule has 28 heavy (non-hydrogen) atoms. The molecular formula is C22H26O6. The minimum atomic E-state index is -0.417. The third-order valence-electron chi connectivity index (χ3n) is 4.14. The van der Waals surface area contributed by atoms with E-state index in [-0.39, 0.29) is 24.7 Å². The van der Waals surface area contributed by atoms with Gasteiger partial charge in [0.2, 0.25) is 0 Å². The Bertz CT molecular complexity index is 811. The molecule has 0 radical (unpaired) electrons. The van der Waals surface area contributed by atoms with Crippen molar-refractivity contribution in [2.45, 2.75) is 40.2 Å². The van der Waals surface area contributed by atoms with Gasteiger partial charge in [-0.3, -0.25) is 4.79 Å². The molecule has 0 spiro atoms. The molecular weight excluding hydrogens is 360 g/mol. The van der Waals surface area contributed by atoms with Crippen molar-refractivity contribution < 1.29 is 28.9 Å². The number of carbonyl (C=O) groups excluding carboxylic acids is 2. The van der Waals surface area contributed by atoms with Crippen molar-refractivity contribution in [1.82, 2.24) is 0 Å². The molecule has 0 aromatic heterocycles. The number of phenols is 1. The van der Waals surface area contributed by atoms with Gasteiger partial charge >= 0.3 is 5.97 Å². The van der Waals surface area contributed by atoms with Gasteiger partial charge in [-0.25, -0.2) is 4.79 Å². The van der Waals surface area contributed by atoms with Crippen LogP contribution in [0, 0.1) is 0 Å². The first kappa shape index (κ1) is 21.3. The zero-order valence-corrected chi connectivity index (χ0v) is 16.5. The first-order valence-electron chi connectivity index (χ1n) is 9.32. The lowest BCUT2D eigenvalue weighted by atomic mass is 9.97. The Hall–Kier alpha value is -3.02. The Morgan fingerprint density at radius 2 is 1.61 bits per heavy atom. The monoisotopic (exact) mass is 386 g/mol. The molecule has 0 fully saturated rings. The molecule has 0 aliphatic heterocycles. The second kappa shape index (κ2) is 10.3. The standard InChI is InChI=1S/C22H26O6/c1-4-6-20-16(7-12-19(15(3)23)22(20)25)13-27-17-8-10-18(11-9-17)28-14-21(24)26-5-2/h7-12,25H,4-6,13-14H2,1-3H3. The molecule has 0 saturated carbocycles. The summed E-state index contributed by atoms with van der Waals surface area (Å²) in [5, 5.41) is 10.4. The predicted octanol–water partition coefficient (Wildman–Crippen LogP) is 4.07. The van der Waals surface area contributed by atoms with Gasteiger partial charge in [0.1, 0.15) is 23.9 Å². The number of ketones is 1. The summed E-state index contributed by atoms with van der Waals surface area (Å²) in [7, 11) is 0. The fourth-order valence-corrected chi connectivity index (χ4v) is 2.76. The molecule has 2 aromatic carbocycles. The van der Waals surface area contributed by atoms with Gasteiger partial charge in [-0.1, -0.05) is 19.4 Å². The lowest BCUT2D eigenvalue weighted by Crippen LogP contribution is -2.14. The van der Waals surface area contributed by atoms with Gasteiger partial charge in [0.05, 0.1) is 12.2 Å². The summed E-state index contributed by atoms with van der Waals surface area (Å²) in [5.74, 6) is 0.621. The van der Waals surface area contributed by atoms with Gasteiger partial charge in [-0.05, 0) is 56.2 Å². The molecule has 0 bridgehead atoms. The van der Waals surface area contributed by atoms with Crippen LogP contribution in [0.3, 0.4) is 0 Å². The normalized spacial score (nSPS) is 10.4. The van der Waals surface area contributed by atoms with E-state index in [9.17, 15) is 14.7 Å². The Kier molecular flexibility index (Phi) is 7.87. The quantitative estimate of drug-likeness (QED) is 0.490. The van der Waals surface area contributed by atoms with E-state index in [1.807, 2.05) is 13.0 Å². The van der Waals surface area contributed by atoms with E-state index in [0.717, 1.165) is 17.5 Å². The number of Topliss-reactive ketones (excluding diaryl/α,β-unsaturated/α-hetero) is 1. The lowest BCUT2D eigenvalue weighted by Gasteiger charge is -2.14. The van der Waals surface area contributed by atoms with Gasteiger partial charge in [0, 0.05) is 5.56 Å². The van der Waals surface area contributed by atoms with Crippen LogP contribution < -0.4 is 9.47 Å². The predicted molar refractivity (Wildman–Crippen MR) is 105 cm³/mol. The van der Waals surface area contributed by atoms with Crippen LogP contribution in [0.1, 0.15) is 48.7 Å². The van der Waals surface area contributed by atoms with E-state index in [4.69, 9.17) is 14.2 Å². The van der Waals surface area contributed by atoms with E-state index in [1.54, 1.807) is 37.3 Å². The zero-order valence-electron chi connectivity index (χ0n) is 16.5. The molecule has 0 heterocycles. The highest BCUT2D eigenvalue weighted by molar-refractivity contribution is 5.97. The highest BCUT2D eigenvalue weighted by atomic mass is 16.6. The van der Waals surface area contributed by atoms with E-state index < -0.39 is 5.97 Å². The van der Waals surface area contributed by atoms with Crippen molar-refractivity contribution in [3.63, 3.8) is 0 Å². The van der Waals surface area contributed by atoms with E-state index in [1.165, 1.54) is 6.92 Å². The number of rotatable bonds is 10. The first-order valence-corrected chi connectivity index (χ1v) is 9.32. The average molecular weight is 386 g/mol. The summed E-state index contributed by atoms with van der Waals surface area (Å²) >= 11 is 0. The van der Waals surface area contributed by atoms with Crippen molar-refractivity contribution in [1.29, 1.82) is 0 Å². The second-order valence-electron chi connectivity index (χ2n) is 6.26. The Morgan fingerprint density at radius 1 is 0.964 bits per heavy atom. The molecule has 2 aromatic rings. The second-order valence-corrected chi connectivity index (χ2v) is 6.26. The topological polar surface area (TPSA) is 82.1 Å². The van der Waals surface area contributed by atoms with E-state index >= 15 is 0 Å². The summed E-state index contributed by atoms with van der Waals surface area (Å²) in [6, 6.07) is 10.3. The van der Waals surface area contributed by atoms with Crippen LogP contribution >= 0.6 is 0 Å². The Morgan fingerprint density at radius 3 is 2.18 bits per heavy atom. The minimum Gasteiger partial charge on any atom is -0.507 e. The summed E-state index contributed by atoms with van der Waals surface area (Å²) < 4.78 is 16.0. The minimum absolute atomic E-state index is 0.0400. The van der Waals surface area contributed by atoms with Crippen LogP contribution in [-0.4, -0.2) is 30.1 Å². The molecule has 6 nitrogen and oxygen atoms in total. The fraction of sp³-hybridized carbons (Fsp3) is 0.364. The summed E-state index contributed by atoms with van der Waals surface area (Å²) in [5.41, 5.74) is 1.91. The molecule has 0 atom stereocenters. The van der Waals surface area contributed by atoms with Gasteiger partial charge < -0.3 is 19.3 Å². The Balaban J connectivity index is 2.02. The zero-order chi connectivity index (χ0) is 20.5. The van der Waals surface area contributed by atoms with Crippen LogP contribution in [0.25, 0.3) is 0 Å². The van der Waals surface area contributed by atoms with E-state index in [0.29, 0.717) is 30.1 Å². The van der Waals surface area contributed by atoms with Crippen LogP contribution in [-0.2, 0) is 22.6 Å². The molecule has 0 unspecified atom stereocenters. The van der Waals surface area contributed by atoms with Crippen LogP contribution in [0.5, 0.6) is 17.2 Å². The smallest absolute Gasteiger partial charge is 0.344 e. The van der Waals surface area contributed by atoms with Gasteiger partial charge in [0.25, 0.3) is 0 Å².